The third-order valence-corrected chi connectivity index (χ3v) is 4.48. The van der Waals surface area contributed by atoms with Crippen LogP contribution in [0.5, 0.6) is 0 Å². The van der Waals surface area contributed by atoms with Gasteiger partial charge in [-0.3, -0.25) is 0 Å². The third kappa shape index (κ3) is 3.62. The summed E-state index contributed by atoms with van der Waals surface area (Å²) in [6.45, 7) is 0.111. The first kappa shape index (κ1) is 16.3. The van der Waals surface area contributed by atoms with Crippen molar-refractivity contribution in [1.29, 1.82) is 0 Å². The standard InChI is InChI=1S/C11H14F2N2O2S.ClH/c12-8-2-1-3-9(13)11(8)18(16,17)15-10(6-14)7-4-5-7;/h1-3,7,10,15H,4-6,14H2;1H. The van der Waals surface area contributed by atoms with Crippen LogP contribution in [-0.4, -0.2) is 21.0 Å². The van der Waals surface area contributed by atoms with Crippen LogP contribution in [0.25, 0.3) is 0 Å². The number of nitrogens with one attached hydrogen (secondary N) is 1. The lowest BCUT2D eigenvalue weighted by Gasteiger charge is -2.16. The molecule has 1 aromatic carbocycles. The highest BCUT2D eigenvalue weighted by Crippen LogP contribution is 2.33. The molecule has 1 aromatic rings. The SMILES string of the molecule is Cl.NCC(NS(=O)(=O)c1c(F)cccc1F)C1CC1. The molecule has 0 saturated heterocycles. The highest BCUT2D eigenvalue weighted by atomic mass is 35.5. The molecule has 0 amide bonds. The van der Waals surface area contributed by atoms with E-state index in [0.717, 1.165) is 31.0 Å². The van der Waals surface area contributed by atoms with E-state index in [9.17, 15) is 17.2 Å². The number of nitrogens with two attached hydrogens (primary N) is 1. The van der Waals surface area contributed by atoms with E-state index < -0.39 is 32.6 Å². The fraction of sp³-hybridized carbons (Fsp3) is 0.455. The second kappa shape index (κ2) is 6.13. The van der Waals surface area contributed by atoms with Crippen LogP contribution in [0.1, 0.15) is 12.8 Å². The van der Waals surface area contributed by atoms with Crippen molar-refractivity contribution in [2.45, 2.75) is 23.8 Å². The summed E-state index contributed by atoms with van der Waals surface area (Å²) in [7, 11) is -4.22. The first-order valence-electron chi connectivity index (χ1n) is 5.62. The molecule has 108 valence electrons. The predicted octanol–water partition coefficient (Wildman–Crippen LogP) is 1.40. The first-order chi connectivity index (χ1) is 8.45. The molecule has 0 spiro atoms. The van der Waals surface area contributed by atoms with Crippen LogP contribution in [0.4, 0.5) is 8.78 Å². The Labute approximate surface area is 116 Å². The van der Waals surface area contributed by atoms with Crippen LogP contribution in [-0.2, 0) is 10.0 Å². The number of benzene rings is 1. The smallest absolute Gasteiger partial charge is 0.246 e. The summed E-state index contributed by atoms with van der Waals surface area (Å²) in [4.78, 5) is -0.941. The van der Waals surface area contributed by atoms with E-state index >= 15 is 0 Å². The quantitative estimate of drug-likeness (QED) is 0.863. The summed E-state index contributed by atoms with van der Waals surface area (Å²) in [6.07, 6.45) is 1.76. The van der Waals surface area contributed by atoms with Gasteiger partial charge in [-0.1, -0.05) is 6.07 Å². The fourth-order valence-electron chi connectivity index (χ4n) is 1.83. The van der Waals surface area contributed by atoms with Gasteiger partial charge < -0.3 is 5.73 Å². The van der Waals surface area contributed by atoms with E-state index in [2.05, 4.69) is 4.72 Å². The lowest BCUT2D eigenvalue weighted by Crippen LogP contribution is -2.42. The Bertz CT molecular complexity index is 529. The zero-order valence-corrected chi connectivity index (χ0v) is 11.6. The molecule has 0 radical (unpaired) electrons. The van der Waals surface area contributed by atoms with Crippen LogP contribution in [0.15, 0.2) is 23.1 Å². The average molecular weight is 313 g/mol. The molecule has 2 rings (SSSR count). The Morgan fingerprint density at radius 1 is 1.32 bits per heavy atom. The van der Waals surface area contributed by atoms with Crippen molar-refractivity contribution in [2.24, 2.45) is 11.7 Å². The molecule has 1 aliphatic carbocycles. The highest BCUT2D eigenvalue weighted by Gasteiger charge is 2.35. The van der Waals surface area contributed by atoms with E-state index in [0.29, 0.717) is 0 Å². The van der Waals surface area contributed by atoms with Crippen LogP contribution in [0.3, 0.4) is 0 Å². The summed E-state index contributed by atoms with van der Waals surface area (Å²) in [5.41, 5.74) is 5.46. The topological polar surface area (TPSA) is 72.2 Å². The van der Waals surface area contributed by atoms with Gasteiger partial charge in [-0.15, -0.1) is 12.4 Å². The van der Waals surface area contributed by atoms with Crippen molar-refractivity contribution in [2.75, 3.05) is 6.54 Å². The lowest BCUT2D eigenvalue weighted by atomic mass is 10.2. The Hall–Kier alpha value is -0.760. The minimum Gasteiger partial charge on any atom is -0.329 e. The maximum atomic E-state index is 13.4. The number of hydrogen-bond acceptors (Lipinski definition) is 3. The van der Waals surface area contributed by atoms with Crippen LogP contribution < -0.4 is 10.5 Å². The molecule has 0 aromatic heterocycles. The zero-order valence-electron chi connectivity index (χ0n) is 9.97. The maximum absolute atomic E-state index is 13.4. The summed E-state index contributed by atoms with van der Waals surface area (Å²) in [5.74, 6) is -2.04. The van der Waals surface area contributed by atoms with Crippen molar-refractivity contribution in [3.8, 4) is 0 Å². The van der Waals surface area contributed by atoms with E-state index in [1.54, 1.807) is 0 Å². The average Bonchev–Trinajstić information content (AvgIpc) is 3.09. The van der Waals surface area contributed by atoms with E-state index in [1.807, 2.05) is 0 Å². The van der Waals surface area contributed by atoms with Crippen molar-refractivity contribution in [3.63, 3.8) is 0 Å². The molecule has 1 atom stereocenters. The van der Waals surface area contributed by atoms with Crippen molar-refractivity contribution in [3.05, 3.63) is 29.8 Å². The minimum absolute atomic E-state index is 0. The maximum Gasteiger partial charge on any atom is 0.246 e. The summed E-state index contributed by atoms with van der Waals surface area (Å²) >= 11 is 0. The molecule has 19 heavy (non-hydrogen) atoms. The van der Waals surface area contributed by atoms with Crippen molar-refractivity contribution >= 4 is 22.4 Å². The molecule has 0 bridgehead atoms. The molecular weight excluding hydrogens is 298 g/mol. The van der Waals surface area contributed by atoms with Gasteiger partial charge in [-0.2, -0.15) is 0 Å². The number of halogens is 3. The Morgan fingerprint density at radius 2 is 1.84 bits per heavy atom. The normalized spacial score (nSPS) is 16.8. The molecule has 1 unspecified atom stereocenters. The zero-order chi connectivity index (χ0) is 13.3. The molecule has 3 N–H and O–H groups in total. The summed E-state index contributed by atoms with van der Waals surface area (Å²) in [6, 6.07) is 2.47. The van der Waals surface area contributed by atoms with E-state index in [4.69, 9.17) is 5.73 Å². The molecule has 8 heteroatoms. The van der Waals surface area contributed by atoms with Crippen LogP contribution in [0.2, 0.25) is 0 Å². The summed E-state index contributed by atoms with van der Waals surface area (Å²) in [5, 5.41) is 0. The van der Waals surface area contributed by atoms with Gasteiger partial charge in [0.2, 0.25) is 10.0 Å². The molecule has 1 aliphatic rings. The molecule has 1 saturated carbocycles. The third-order valence-electron chi connectivity index (χ3n) is 2.94. The molecule has 4 nitrogen and oxygen atoms in total. The highest BCUT2D eigenvalue weighted by molar-refractivity contribution is 7.89. The van der Waals surface area contributed by atoms with Gasteiger partial charge in [-0.25, -0.2) is 21.9 Å². The van der Waals surface area contributed by atoms with Crippen molar-refractivity contribution in [1.82, 2.24) is 4.72 Å². The van der Waals surface area contributed by atoms with Crippen LogP contribution >= 0.6 is 12.4 Å². The monoisotopic (exact) mass is 312 g/mol. The molecule has 1 fully saturated rings. The van der Waals surface area contributed by atoms with E-state index in [-0.39, 0.29) is 24.9 Å². The molecule has 0 aliphatic heterocycles. The predicted molar refractivity (Wildman–Crippen MR) is 69.5 cm³/mol. The second-order valence-corrected chi connectivity index (χ2v) is 6.00. The van der Waals surface area contributed by atoms with Gasteiger partial charge >= 0.3 is 0 Å². The lowest BCUT2D eigenvalue weighted by molar-refractivity contribution is 0.492. The Kier molecular flexibility index (Phi) is 5.26. The van der Waals surface area contributed by atoms with Gasteiger partial charge in [0.1, 0.15) is 11.6 Å². The van der Waals surface area contributed by atoms with E-state index in [1.165, 1.54) is 0 Å². The number of sulfonamides is 1. The van der Waals surface area contributed by atoms with Gasteiger partial charge in [-0.05, 0) is 30.9 Å². The van der Waals surface area contributed by atoms with Gasteiger partial charge in [0.15, 0.2) is 4.90 Å². The fourth-order valence-corrected chi connectivity index (χ4v) is 3.29. The largest absolute Gasteiger partial charge is 0.329 e. The molecule has 0 heterocycles. The summed E-state index contributed by atoms with van der Waals surface area (Å²) < 4.78 is 53.0. The van der Waals surface area contributed by atoms with Gasteiger partial charge in [0.25, 0.3) is 0 Å². The van der Waals surface area contributed by atoms with Crippen LogP contribution in [0, 0.1) is 17.6 Å². The van der Waals surface area contributed by atoms with Gasteiger partial charge in [0, 0.05) is 12.6 Å². The Balaban J connectivity index is 0.00000180. The second-order valence-electron chi connectivity index (χ2n) is 4.35. The number of rotatable bonds is 5. The van der Waals surface area contributed by atoms with Crippen molar-refractivity contribution < 1.29 is 17.2 Å². The first-order valence-corrected chi connectivity index (χ1v) is 7.10. The molecular formula is C11H15ClF2N2O2S. The number of hydrogen-bond donors (Lipinski definition) is 2. The minimum atomic E-state index is -4.22. The Morgan fingerprint density at radius 3 is 2.26 bits per heavy atom. The van der Waals surface area contributed by atoms with Gasteiger partial charge in [0.05, 0.1) is 0 Å².